The lowest BCUT2D eigenvalue weighted by Crippen LogP contribution is -2.36. The van der Waals surface area contributed by atoms with Crippen LogP contribution in [0, 0.1) is 0 Å². The molecule has 8 nitrogen and oxygen atoms in total. The summed E-state index contributed by atoms with van der Waals surface area (Å²) in [6, 6.07) is 10.5. The predicted molar refractivity (Wildman–Crippen MR) is 84.2 cm³/mol. The standard InChI is InChI=1S/C16H16N2O6/c19-12-8-10(9-13(20)14(12)21)15(22)17-6-7-18-16(23)24-11-4-2-1-3-5-11/h1-5,8-9,19-21H,6-7H2,(H,17,22)(H,18,23). The predicted octanol–water partition coefficient (Wildman–Crippen LogP) is 1.32. The average molecular weight is 332 g/mol. The molecule has 0 radical (unpaired) electrons. The number of hydrogen-bond donors (Lipinski definition) is 5. The number of nitrogens with one attached hydrogen (secondary N) is 2. The lowest BCUT2D eigenvalue weighted by molar-refractivity contribution is 0.0952. The molecule has 0 bridgehead atoms. The number of phenolic OH excluding ortho intramolecular Hbond substituents is 3. The molecule has 0 saturated heterocycles. The van der Waals surface area contributed by atoms with E-state index in [2.05, 4.69) is 10.6 Å². The second-order valence-corrected chi connectivity index (χ2v) is 4.75. The fourth-order valence-electron chi connectivity index (χ4n) is 1.81. The topological polar surface area (TPSA) is 128 Å². The van der Waals surface area contributed by atoms with Gasteiger partial charge in [0, 0.05) is 18.7 Å². The van der Waals surface area contributed by atoms with Crippen LogP contribution in [0.4, 0.5) is 4.79 Å². The Labute approximate surface area is 137 Å². The molecule has 0 fully saturated rings. The zero-order valence-corrected chi connectivity index (χ0v) is 12.5. The second kappa shape index (κ2) is 7.73. The van der Waals surface area contributed by atoms with Crippen LogP contribution in [0.2, 0.25) is 0 Å². The zero-order chi connectivity index (χ0) is 17.5. The molecular weight excluding hydrogens is 316 g/mol. The Morgan fingerprint density at radius 3 is 2.12 bits per heavy atom. The van der Waals surface area contributed by atoms with Gasteiger partial charge in [0.15, 0.2) is 17.2 Å². The number of amides is 2. The molecule has 0 heterocycles. The van der Waals surface area contributed by atoms with Gasteiger partial charge in [0.1, 0.15) is 5.75 Å². The molecule has 2 amide bonds. The van der Waals surface area contributed by atoms with E-state index in [-0.39, 0.29) is 18.7 Å². The number of carbonyl (C=O) groups excluding carboxylic acids is 2. The number of benzene rings is 2. The molecule has 0 unspecified atom stereocenters. The molecule has 0 atom stereocenters. The highest BCUT2D eigenvalue weighted by Crippen LogP contribution is 2.35. The summed E-state index contributed by atoms with van der Waals surface area (Å²) in [5, 5.41) is 32.9. The van der Waals surface area contributed by atoms with E-state index in [4.69, 9.17) is 4.74 Å². The first kappa shape index (κ1) is 16.9. The maximum absolute atomic E-state index is 11.8. The minimum Gasteiger partial charge on any atom is -0.504 e. The van der Waals surface area contributed by atoms with E-state index in [0.717, 1.165) is 12.1 Å². The Hall–Kier alpha value is -3.42. The number of para-hydroxylation sites is 1. The minimum atomic E-state index is -0.697. The Balaban J connectivity index is 1.76. The molecule has 0 aliphatic carbocycles. The van der Waals surface area contributed by atoms with Crippen LogP contribution in [0.5, 0.6) is 23.0 Å². The smallest absolute Gasteiger partial charge is 0.412 e. The molecule has 24 heavy (non-hydrogen) atoms. The summed E-state index contributed by atoms with van der Waals surface area (Å²) < 4.78 is 4.99. The van der Waals surface area contributed by atoms with Crippen molar-refractivity contribution in [1.82, 2.24) is 10.6 Å². The highest BCUT2D eigenvalue weighted by molar-refractivity contribution is 5.95. The van der Waals surface area contributed by atoms with Crippen LogP contribution in [0.15, 0.2) is 42.5 Å². The van der Waals surface area contributed by atoms with Gasteiger partial charge in [-0.1, -0.05) is 18.2 Å². The lowest BCUT2D eigenvalue weighted by Gasteiger charge is -2.09. The Morgan fingerprint density at radius 2 is 1.50 bits per heavy atom. The molecule has 0 aliphatic rings. The first-order valence-corrected chi connectivity index (χ1v) is 7.01. The van der Waals surface area contributed by atoms with E-state index in [9.17, 15) is 24.9 Å². The largest absolute Gasteiger partial charge is 0.504 e. The van der Waals surface area contributed by atoms with Gasteiger partial charge in [0.25, 0.3) is 5.91 Å². The third-order valence-corrected chi connectivity index (χ3v) is 2.97. The third-order valence-electron chi connectivity index (χ3n) is 2.97. The van der Waals surface area contributed by atoms with E-state index in [1.807, 2.05) is 0 Å². The average Bonchev–Trinajstić information content (AvgIpc) is 2.56. The van der Waals surface area contributed by atoms with Crippen LogP contribution in [-0.2, 0) is 0 Å². The summed E-state index contributed by atoms with van der Waals surface area (Å²) in [5.74, 6) is -2.10. The monoisotopic (exact) mass is 332 g/mol. The number of hydrogen-bond acceptors (Lipinski definition) is 6. The fraction of sp³-hybridized carbons (Fsp3) is 0.125. The number of ether oxygens (including phenoxy) is 1. The summed E-state index contributed by atoms with van der Waals surface area (Å²) >= 11 is 0. The number of aromatic hydroxyl groups is 3. The number of rotatable bonds is 5. The highest BCUT2D eigenvalue weighted by atomic mass is 16.6. The van der Waals surface area contributed by atoms with Crippen LogP contribution < -0.4 is 15.4 Å². The van der Waals surface area contributed by atoms with Crippen molar-refractivity contribution in [3.63, 3.8) is 0 Å². The van der Waals surface area contributed by atoms with Crippen molar-refractivity contribution in [3.05, 3.63) is 48.0 Å². The van der Waals surface area contributed by atoms with Crippen LogP contribution in [-0.4, -0.2) is 40.4 Å². The fourth-order valence-corrected chi connectivity index (χ4v) is 1.81. The minimum absolute atomic E-state index is 0.0327. The zero-order valence-electron chi connectivity index (χ0n) is 12.5. The van der Waals surface area contributed by atoms with Gasteiger partial charge in [-0.15, -0.1) is 0 Å². The quantitative estimate of drug-likeness (QED) is 0.415. The highest BCUT2D eigenvalue weighted by Gasteiger charge is 2.13. The molecule has 5 N–H and O–H groups in total. The summed E-state index contributed by atoms with van der Waals surface area (Å²) in [6.45, 7) is 0.221. The molecule has 0 spiro atoms. The van der Waals surface area contributed by atoms with Crippen LogP contribution >= 0.6 is 0 Å². The second-order valence-electron chi connectivity index (χ2n) is 4.75. The molecule has 2 aromatic carbocycles. The van der Waals surface area contributed by atoms with Crippen molar-refractivity contribution < 1.29 is 29.6 Å². The molecule has 0 saturated carbocycles. The Morgan fingerprint density at radius 1 is 0.917 bits per heavy atom. The van der Waals surface area contributed by atoms with Gasteiger partial charge in [0.2, 0.25) is 0 Å². The van der Waals surface area contributed by atoms with Crippen molar-refractivity contribution in [1.29, 1.82) is 0 Å². The third kappa shape index (κ3) is 4.54. The van der Waals surface area contributed by atoms with Crippen molar-refractivity contribution in [2.45, 2.75) is 0 Å². The van der Waals surface area contributed by atoms with E-state index >= 15 is 0 Å². The van der Waals surface area contributed by atoms with Gasteiger partial charge in [-0.3, -0.25) is 4.79 Å². The van der Waals surface area contributed by atoms with Gasteiger partial charge in [-0.05, 0) is 24.3 Å². The summed E-state index contributed by atoms with van der Waals surface area (Å²) in [4.78, 5) is 23.4. The molecule has 0 aromatic heterocycles. The molecule has 2 rings (SSSR count). The van der Waals surface area contributed by atoms with E-state index in [1.165, 1.54) is 0 Å². The number of phenols is 3. The molecule has 8 heteroatoms. The summed E-state index contributed by atoms with van der Waals surface area (Å²) in [5.41, 5.74) is -0.0327. The van der Waals surface area contributed by atoms with E-state index in [0.29, 0.717) is 5.75 Å². The molecule has 126 valence electrons. The van der Waals surface area contributed by atoms with Crippen LogP contribution in [0.1, 0.15) is 10.4 Å². The molecule has 2 aromatic rings. The van der Waals surface area contributed by atoms with Crippen molar-refractivity contribution in [2.24, 2.45) is 0 Å². The Bertz CT molecular complexity index is 710. The van der Waals surface area contributed by atoms with Crippen LogP contribution in [0.3, 0.4) is 0 Å². The summed E-state index contributed by atoms with van der Waals surface area (Å²) in [6.07, 6.45) is -0.657. The van der Waals surface area contributed by atoms with Crippen molar-refractivity contribution in [3.8, 4) is 23.0 Å². The first-order chi connectivity index (χ1) is 11.5. The van der Waals surface area contributed by atoms with Crippen molar-refractivity contribution in [2.75, 3.05) is 13.1 Å². The van der Waals surface area contributed by atoms with Gasteiger partial charge < -0.3 is 30.7 Å². The van der Waals surface area contributed by atoms with Gasteiger partial charge in [-0.25, -0.2) is 4.79 Å². The van der Waals surface area contributed by atoms with Gasteiger partial charge >= 0.3 is 6.09 Å². The van der Waals surface area contributed by atoms with E-state index in [1.54, 1.807) is 30.3 Å². The first-order valence-electron chi connectivity index (χ1n) is 7.01. The van der Waals surface area contributed by atoms with Gasteiger partial charge in [0.05, 0.1) is 0 Å². The lowest BCUT2D eigenvalue weighted by atomic mass is 10.1. The molecule has 0 aliphatic heterocycles. The normalized spacial score (nSPS) is 10.0. The molecular formula is C16H16N2O6. The van der Waals surface area contributed by atoms with Gasteiger partial charge in [-0.2, -0.15) is 0 Å². The summed E-state index contributed by atoms with van der Waals surface area (Å²) in [7, 11) is 0. The maximum atomic E-state index is 11.8. The van der Waals surface area contributed by atoms with E-state index < -0.39 is 29.2 Å². The number of carbonyl (C=O) groups is 2. The van der Waals surface area contributed by atoms with Crippen molar-refractivity contribution >= 4 is 12.0 Å². The SMILES string of the molecule is O=C(NCCNC(=O)c1cc(O)c(O)c(O)c1)Oc1ccccc1. The maximum Gasteiger partial charge on any atom is 0.412 e. The Kier molecular flexibility index (Phi) is 5.45. The van der Waals surface area contributed by atoms with Crippen LogP contribution in [0.25, 0.3) is 0 Å².